The van der Waals surface area contributed by atoms with Gasteiger partial charge in [-0.2, -0.15) is 0 Å². The van der Waals surface area contributed by atoms with Gasteiger partial charge in [0.1, 0.15) is 0 Å². The molecule has 2 atom stereocenters. The predicted molar refractivity (Wildman–Crippen MR) is 75.6 cm³/mol. The van der Waals surface area contributed by atoms with Crippen molar-refractivity contribution >= 4 is 0 Å². The molecule has 0 spiro atoms. The number of likely N-dealkylation sites (tertiary alicyclic amines) is 1. The zero-order chi connectivity index (χ0) is 12.6. The Morgan fingerprint density at radius 3 is 2.67 bits per heavy atom. The second-order valence-corrected chi connectivity index (χ2v) is 6.43. The molecule has 1 aromatic rings. The second-order valence-electron chi connectivity index (χ2n) is 6.43. The molecule has 1 aromatic carbocycles. The molecule has 0 radical (unpaired) electrons. The predicted octanol–water partition coefficient (Wildman–Crippen LogP) is 2.96. The second kappa shape index (κ2) is 4.67. The van der Waals surface area contributed by atoms with Crippen LogP contribution in [-0.2, 0) is 0 Å². The maximum Gasteiger partial charge on any atom is 0.0352 e. The molecule has 3 rings (SSSR count). The summed E-state index contributed by atoms with van der Waals surface area (Å²) in [6, 6.07) is 12.4. The van der Waals surface area contributed by atoms with Crippen LogP contribution in [0.3, 0.4) is 0 Å². The molecule has 1 N–H and O–H groups in total. The Labute approximate surface area is 110 Å². The van der Waals surface area contributed by atoms with Crippen LogP contribution in [0.2, 0.25) is 0 Å². The van der Waals surface area contributed by atoms with Gasteiger partial charge in [0, 0.05) is 24.2 Å². The summed E-state index contributed by atoms with van der Waals surface area (Å²) in [5.74, 6) is 0. The number of nitrogens with one attached hydrogen (secondary N) is 1. The van der Waals surface area contributed by atoms with Crippen molar-refractivity contribution in [2.45, 2.75) is 50.7 Å². The van der Waals surface area contributed by atoms with Crippen molar-refractivity contribution in [2.75, 3.05) is 13.1 Å². The lowest BCUT2D eigenvalue weighted by atomic mass is 9.98. The first-order valence-corrected chi connectivity index (χ1v) is 7.21. The molecule has 2 nitrogen and oxygen atoms in total. The minimum absolute atomic E-state index is 0.314. The van der Waals surface area contributed by atoms with E-state index in [9.17, 15) is 0 Å². The SMILES string of the molecule is CC1(C)CC(N2CCCC2c2ccccc2)CN1. The van der Waals surface area contributed by atoms with E-state index in [1.54, 1.807) is 0 Å². The van der Waals surface area contributed by atoms with Crippen LogP contribution in [0.4, 0.5) is 0 Å². The summed E-state index contributed by atoms with van der Waals surface area (Å²) in [6.07, 6.45) is 3.94. The van der Waals surface area contributed by atoms with Crippen LogP contribution in [0.15, 0.2) is 30.3 Å². The topological polar surface area (TPSA) is 15.3 Å². The van der Waals surface area contributed by atoms with Gasteiger partial charge in [0.15, 0.2) is 0 Å². The third kappa shape index (κ3) is 2.32. The normalized spacial score (nSPS) is 31.9. The minimum Gasteiger partial charge on any atom is -0.310 e. The van der Waals surface area contributed by atoms with Crippen LogP contribution in [0.25, 0.3) is 0 Å². The van der Waals surface area contributed by atoms with Gasteiger partial charge in [0.05, 0.1) is 0 Å². The Kier molecular flexibility index (Phi) is 3.16. The Bertz CT molecular complexity index is 399. The molecule has 2 aliphatic heterocycles. The number of benzene rings is 1. The van der Waals surface area contributed by atoms with Crippen LogP contribution in [0.1, 0.15) is 44.7 Å². The first kappa shape index (κ1) is 12.2. The Morgan fingerprint density at radius 1 is 1.22 bits per heavy atom. The van der Waals surface area contributed by atoms with E-state index in [2.05, 4.69) is 54.4 Å². The molecular formula is C16H24N2. The lowest BCUT2D eigenvalue weighted by molar-refractivity contribution is 0.186. The van der Waals surface area contributed by atoms with Gasteiger partial charge in [-0.3, -0.25) is 4.90 Å². The highest BCUT2D eigenvalue weighted by atomic mass is 15.2. The van der Waals surface area contributed by atoms with Gasteiger partial charge in [-0.25, -0.2) is 0 Å². The van der Waals surface area contributed by atoms with Crippen molar-refractivity contribution in [3.63, 3.8) is 0 Å². The minimum atomic E-state index is 0.314. The smallest absolute Gasteiger partial charge is 0.0352 e. The molecular weight excluding hydrogens is 220 g/mol. The maximum atomic E-state index is 3.65. The van der Waals surface area contributed by atoms with Crippen molar-refractivity contribution in [3.8, 4) is 0 Å². The van der Waals surface area contributed by atoms with Crippen LogP contribution >= 0.6 is 0 Å². The van der Waals surface area contributed by atoms with Crippen LogP contribution in [0.5, 0.6) is 0 Å². The zero-order valence-electron chi connectivity index (χ0n) is 11.5. The van der Waals surface area contributed by atoms with E-state index in [1.807, 2.05) is 0 Å². The third-order valence-electron chi connectivity index (χ3n) is 4.51. The first-order valence-electron chi connectivity index (χ1n) is 7.21. The van der Waals surface area contributed by atoms with Crippen molar-refractivity contribution in [1.82, 2.24) is 10.2 Å². The quantitative estimate of drug-likeness (QED) is 0.860. The Hall–Kier alpha value is -0.860. The molecule has 2 unspecified atom stereocenters. The van der Waals surface area contributed by atoms with Gasteiger partial charge in [0.2, 0.25) is 0 Å². The van der Waals surface area contributed by atoms with Crippen molar-refractivity contribution < 1.29 is 0 Å². The van der Waals surface area contributed by atoms with Crippen LogP contribution in [-0.4, -0.2) is 29.6 Å². The highest BCUT2D eigenvalue weighted by Gasteiger charge is 2.38. The van der Waals surface area contributed by atoms with Gasteiger partial charge < -0.3 is 5.32 Å². The van der Waals surface area contributed by atoms with Crippen LogP contribution in [0, 0.1) is 0 Å². The zero-order valence-corrected chi connectivity index (χ0v) is 11.5. The fraction of sp³-hybridized carbons (Fsp3) is 0.625. The first-order chi connectivity index (χ1) is 8.66. The summed E-state index contributed by atoms with van der Waals surface area (Å²) >= 11 is 0. The summed E-state index contributed by atoms with van der Waals surface area (Å²) < 4.78 is 0. The molecule has 0 bridgehead atoms. The van der Waals surface area contributed by atoms with Gasteiger partial charge in [0.25, 0.3) is 0 Å². The van der Waals surface area contributed by atoms with Gasteiger partial charge in [-0.1, -0.05) is 30.3 Å². The fourth-order valence-electron chi connectivity index (χ4n) is 3.62. The molecule has 18 heavy (non-hydrogen) atoms. The summed E-state index contributed by atoms with van der Waals surface area (Å²) in [6.45, 7) is 7.06. The number of nitrogens with zero attached hydrogens (tertiary/aromatic N) is 1. The summed E-state index contributed by atoms with van der Waals surface area (Å²) in [4.78, 5) is 2.73. The molecule has 0 aliphatic carbocycles. The van der Waals surface area contributed by atoms with E-state index in [1.165, 1.54) is 31.4 Å². The lowest BCUT2D eigenvalue weighted by Gasteiger charge is -2.31. The Morgan fingerprint density at radius 2 is 2.00 bits per heavy atom. The molecule has 2 heterocycles. The standard InChI is InChI=1S/C16H24N2/c1-16(2)11-14(12-17-16)18-10-6-9-15(18)13-7-4-3-5-8-13/h3-5,7-8,14-15,17H,6,9-12H2,1-2H3. The third-order valence-corrected chi connectivity index (χ3v) is 4.51. The van der Waals surface area contributed by atoms with E-state index < -0.39 is 0 Å². The summed E-state index contributed by atoms with van der Waals surface area (Å²) in [5, 5.41) is 3.65. The molecule has 98 valence electrons. The van der Waals surface area contributed by atoms with E-state index in [0.717, 1.165) is 6.54 Å². The average molecular weight is 244 g/mol. The number of rotatable bonds is 2. The summed E-state index contributed by atoms with van der Waals surface area (Å²) in [7, 11) is 0. The summed E-state index contributed by atoms with van der Waals surface area (Å²) in [5.41, 5.74) is 1.81. The molecule has 0 saturated carbocycles. The van der Waals surface area contributed by atoms with Crippen molar-refractivity contribution in [2.24, 2.45) is 0 Å². The van der Waals surface area contributed by atoms with E-state index in [0.29, 0.717) is 17.6 Å². The highest BCUT2D eigenvalue weighted by molar-refractivity contribution is 5.20. The molecule has 2 saturated heterocycles. The van der Waals surface area contributed by atoms with Crippen molar-refractivity contribution in [3.05, 3.63) is 35.9 Å². The molecule has 0 aromatic heterocycles. The number of hydrogen-bond acceptors (Lipinski definition) is 2. The van der Waals surface area contributed by atoms with Gasteiger partial charge >= 0.3 is 0 Å². The molecule has 2 aliphatic rings. The monoisotopic (exact) mass is 244 g/mol. The lowest BCUT2D eigenvalue weighted by Crippen LogP contribution is -2.36. The van der Waals surface area contributed by atoms with E-state index in [4.69, 9.17) is 0 Å². The molecule has 2 fully saturated rings. The van der Waals surface area contributed by atoms with Gasteiger partial charge in [-0.15, -0.1) is 0 Å². The highest BCUT2D eigenvalue weighted by Crippen LogP contribution is 2.36. The maximum absolute atomic E-state index is 3.65. The largest absolute Gasteiger partial charge is 0.310 e. The fourth-order valence-corrected chi connectivity index (χ4v) is 3.62. The van der Waals surface area contributed by atoms with E-state index >= 15 is 0 Å². The molecule has 0 amide bonds. The van der Waals surface area contributed by atoms with E-state index in [-0.39, 0.29) is 0 Å². The van der Waals surface area contributed by atoms with Gasteiger partial charge in [-0.05, 0) is 45.2 Å². The van der Waals surface area contributed by atoms with Crippen molar-refractivity contribution in [1.29, 1.82) is 0 Å². The average Bonchev–Trinajstić information content (AvgIpc) is 2.96. The Balaban J connectivity index is 1.76. The molecule has 2 heteroatoms. The van der Waals surface area contributed by atoms with Crippen LogP contribution < -0.4 is 5.32 Å². The number of hydrogen-bond donors (Lipinski definition) is 1.